The third-order valence-corrected chi connectivity index (χ3v) is 9.06. The van der Waals surface area contributed by atoms with Crippen molar-refractivity contribution in [1.29, 1.82) is 0 Å². The van der Waals surface area contributed by atoms with Gasteiger partial charge in [0.2, 0.25) is 0 Å². The molecule has 1 aliphatic rings. The topological polar surface area (TPSA) is 83.5 Å². The SMILES string of the molecule is Cc1nc(-c2c(OC(F)F)ncnc2C2CC2)nc2c1ccn2Cc1ccc(-c2nc(C(F)(F)F)cn2C(C)C)[se]1. The van der Waals surface area contributed by atoms with Gasteiger partial charge in [0.25, 0.3) is 0 Å². The fourth-order valence-corrected chi connectivity index (χ4v) is 6.84. The third-order valence-electron chi connectivity index (χ3n) is 6.83. The fourth-order valence-electron chi connectivity index (χ4n) is 4.74. The quantitative estimate of drug-likeness (QED) is 0.148. The van der Waals surface area contributed by atoms with E-state index in [1.807, 2.05) is 49.7 Å². The van der Waals surface area contributed by atoms with Crippen LogP contribution in [0.15, 0.2) is 36.9 Å². The Morgan fingerprint density at radius 3 is 2.54 bits per heavy atom. The zero-order chi connectivity index (χ0) is 29.1. The van der Waals surface area contributed by atoms with Crippen molar-refractivity contribution in [2.24, 2.45) is 0 Å². The van der Waals surface area contributed by atoms with Gasteiger partial charge < -0.3 is 0 Å². The van der Waals surface area contributed by atoms with Gasteiger partial charge in [-0.1, -0.05) is 0 Å². The molecule has 0 aliphatic heterocycles. The second-order valence-electron chi connectivity index (χ2n) is 10.1. The van der Waals surface area contributed by atoms with E-state index in [0.29, 0.717) is 29.4 Å². The normalized spacial score (nSPS) is 14.1. The molecule has 0 bridgehead atoms. The second-order valence-corrected chi connectivity index (χ2v) is 12.6. The van der Waals surface area contributed by atoms with Crippen LogP contribution in [0.1, 0.15) is 60.2 Å². The van der Waals surface area contributed by atoms with E-state index in [1.54, 1.807) is 4.57 Å². The van der Waals surface area contributed by atoms with Crippen LogP contribution in [0.3, 0.4) is 0 Å². The molecule has 0 unspecified atom stereocenters. The van der Waals surface area contributed by atoms with E-state index in [0.717, 1.165) is 33.3 Å². The number of alkyl halides is 5. The second kappa shape index (κ2) is 10.3. The van der Waals surface area contributed by atoms with Crippen LogP contribution in [-0.4, -0.2) is 55.2 Å². The summed E-state index contributed by atoms with van der Waals surface area (Å²) in [5.41, 5.74) is 1.19. The van der Waals surface area contributed by atoms with Crippen molar-refractivity contribution in [2.45, 2.75) is 64.9 Å². The fraction of sp³-hybridized carbons (Fsp3) is 0.370. The Morgan fingerprint density at radius 2 is 1.85 bits per heavy atom. The van der Waals surface area contributed by atoms with E-state index < -0.39 is 18.5 Å². The van der Waals surface area contributed by atoms with E-state index in [1.165, 1.54) is 6.33 Å². The molecule has 0 spiro atoms. The van der Waals surface area contributed by atoms with Gasteiger partial charge in [0, 0.05) is 0 Å². The van der Waals surface area contributed by atoms with Gasteiger partial charge in [0.05, 0.1) is 0 Å². The Kier molecular flexibility index (Phi) is 6.93. The molecule has 1 aliphatic carbocycles. The Labute approximate surface area is 237 Å². The Bertz CT molecular complexity index is 1740. The van der Waals surface area contributed by atoms with Gasteiger partial charge >= 0.3 is 237 Å². The van der Waals surface area contributed by atoms with Crippen LogP contribution in [0.25, 0.3) is 32.7 Å². The van der Waals surface area contributed by atoms with Crippen molar-refractivity contribution in [1.82, 2.24) is 34.1 Å². The first-order valence-electron chi connectivity index (χ1n) is 12.9. The molecule has 1 fully saturated rings. The first kappa shape index (κ1) is 27.5. The molecule has 0 radical (unpaired) electrons. The number of halogens is 5. The van der Waals surface area contributed by atoms with Gasteiger partial charge in [-0.3, -0.25) is 0 Å². The van der Waals surface area contributed by atoms with Crippen LogP contribution in [0.4, 0.5) is 22.0 Å². The summed E-state index contributed by atoms with van der Waals surface area (Å²) in [6, 6.07) is 5.42. The summed E-state index contributed by atoms with van der Waals surface area (Å²) in [6.45, 7) is 2.82. The average molecular weight is 636 g/mol. The molecule has 214 valence electrons. The number of hydrogen-bond acceptors (Lipinski definition) is 6. The van der Waals surface area contributed by atoms with Crippen LogP contribution < -0.4 is 4.74 Å². The van der Waals surface area contributed by atoms with Crippen LogP contribution in [0, 0.1) is 6.92 Å². The summed E-state index contributed by atoms with van der Waals surface area (Å²) in [5, 5.41) is 0.791. The number of ether oxygens (including phenoxy) is 1. The molecule has 5 aromatic heterocycles. The molecule has 0 atom stereocenters. The van der Waals surface area contributed by atoms with Gasteiger partial charge in [0.1, 0.15) is 0 Å². The summed E-state index contributed by atoms with van der Waals surface area (Å²) in [5.74, 6) is 0.367. The van der Waals surface area contributed by atoms with Gasteiger partial charge in [-0.25, -0.2) is 0 Å². The van der Waals surface area contributed by atoms with Gasteiger partial charge in [-0.05, 0) is 0 Å². The molecular formula is C27H24F5N7OSe. The van der Waals surface area contributed by atoms with E-state index in [-0.39, 0.29) is 43.7 Å². The van der Waals surface area contributed by atoms with E-state index in [2.05, 4.69) is 19.9 Å². The molecule has 5 aromatic rings. The third kappa shape index (κ3) is 5.38. The molecule has 6 rings (SSSR count). The van der Waals surface area contributed by atoms with Crippen molar-refractivity contribution in [2.75, 3.05) is 0 Å². The first-order valence-corrected chi connectivity index (χ1v) is 14.6. The number of aromatic nitrogens is 7. The van der Waals surface area contributed by atoms with Gasteiger partial charge in [-0.2, -0.15) is 0 Å². The maximum absolute atomic E-state index is 13.4. The van der Waals surface area contributed by atoms with Crippen molar-refractivity contribution < 1.29 is 26.7 Å². The van der Waals surface area contributed by atoms with Crippen molar-refractivity contribution in [3.8, 4) is 27.5 Å². The molecule has 0 amide bonds. The predicted molar refractivity (Wildman–Crippen MR) is 141 cm³/mol. The van der Waals surface area contributed by atoms with E-state index in [9.17, 15) is 22.0 Å². The summed E-state index contributed by atoms with van der Waals surface area (Å²) in [4.78, 5) is 21.6. The number of hydrogen-bond donors (Lipinski definition) is 0. The number of rotatable bonds is 8. The van der Waals surface area contributed by atoms with Crippen molar-refractivity contribution in [3.63, 3.8) is 0 Å². The number of imidazole rings is 1. The zero-order valence-corrected chi connectivity index (χ0v) is 23.9. The number of fused-ring (bicyclic) bond motifs is 1. The number of aryl methyl sites for hydroxylation is 1. The Morgan fingerprint density at radius 1 is 1.07 bits per heavy atom. The van der Waals surface area contributed by atoms with Gasteiger partial charge in [0.15, 0.2) is 0 Å². The molecule has 41 heavy (non-hydrogen) atoms. The molecule has 1 saturated carbocycles. The van der Waals surface area contributed by atoms with E-state index in [4.69, 9.17) is 9.72 Å². The van der Waals surface area contributed by atoms with Gasteiger partial charge in [-0.15, -0.1) is 0 Å². The molecule has 8 nitrogen and oxygen atoms in total. The monoisotopic (exact) mass is 637 g/mol. The summed E-state index contributed by atoms with van der Waals surface area (Å²) in [6.07, 6.45) is 1.36. The molecule has 5 heterocycles. The van der Waals surface area contributed by atoms with Crippen LogP contribution in [0.2, 0.25) is 0 Å². The average Bonchev–Trinajstić information content (AvgIpc) is 3.28. The van der Waals surface area contributed by atoms with Crippen LogP contribution in [0.5, 0.6) is 5.88 Å². The number of nitrogens with zero attached hydrogens (tertiary/aromatic N) is 7. The van der Waals surface area contributed by atoms with Crippen LogP contribution >= 0.6 is 0 Å². The zero-order valence-electron chi connectivity index (χ0n) is 22.2. The molecule has 0 aromatic carbocycles. The summed E-state index contributed by atoms with van der Waals surface area (Å²) < 4.78 is 76.6. The predicted octanol–water partition coefficient (Wildman–Crippen LogP) is 6.24. The minimum atomic E-state index is -4.53. The van der Waals surface area contributed by atoms with Crippen molar-refractivity contribution >= 4 is 25.5 Å². The first-order chi connectivity index (χ1) is 19.5. The summed E-state index contributed by atoms with van der Waals surface area (Å²) >= 11 is -0.271. The minimum absolute atomic E-state index is 0.103. The molecule has 0 saturated heterocycles. The Hall–Kier alpha value is -3.64. The van der Waals surface area contributed by atoms with Crippen LogP contribution in [-0.2, 0) is 12.7 Å². The van der Waals surface area contributed by atoms with E-state index >= 15 is 0 Å². The molecule has 14 heteroatoms. The summed E-state index contributed by atoms with van der Waals surface area (Å²) in [7, 11) is 0. The standard InChI is InChI=1S/C27H24F5N7OSe/c1-13(2)39-11-19(27(30,31)32)36-24(39)18-7-6-16(41-18)10-38-9-8-17-14(3)35-22(37-23(17)38)20-21(15-4-5-15)33-12-34-25(20)40-26(28)29/h6-9,11-13,15,26H,4-5,10H2,1-3H3. The maximum atomic E-state index is 13.4. The molecule has 0 N–H and O–H groups in total. The molecular weight excluding hydrogens is 612 g/mol. The Balaban J connectivity index is 1.38. The van der Waals surface area contributed by atoms with Crippen molar-refractivity contribution in [3.05, 3.63) is 58.4 Å².